The molecule has 0 rings (SSSR count). The molecule has 5 nitrogen and oxygen atoms in total. The summed E-state index contributed by atoms with van der Waals surface area (Å²) in [5, 5.41) is 16.8. The van der Waals surface area contributed by atoms with Gasteiger partial charge in [-0.05, 0) is 25.7 Å². The van der Waals surface area contributed by atoms with Crippen molar-refractivity contribution in [2.45, 2.75) is 51.4 Å². The third-order valence-electron chi connectivity index (χ3n) is 2.36. The lowest BCUT2D eigenvalue weighted by molar-refractivity contribution is -0.138. The fourth-order valence-corrected chi connectivity index (χ4v) is 1.42. The molecular weight excluding hydrogens is 224 g/mol. The summed E-state index contributed by atoms with van der Waals surface area (Å²) in [5.41, 5.74) is 0. The van der Waals surface area contributed by atoms with E-state index in [1.165, 1.54) is 0 Å². The van der Waals surface area contributed by atoms with E-state index >= 15 is 0 Å². The first-order chi connectivity index (χ1) is 8.13. The van der Waals surface area contributed by atoms with Crippen molar-refractivity contribution in [2.24, 2.45) is 0 Å². The van der Waals surface area contributed by atoms with Gasteiger partial charge in [0.2, 0.25) is 0 Å². The maximum Gasteiger partial charge on any atom is 0.303 e. The van der Waals surface area contributed by atoms with Gasteiger partial charge in [0.05, 0.1) is 0 Å². The Morgan fingerprint density at radius 2 is 1.12 bits per heavy atom. The van der Waals surface area contributed by atoms with Crippen LogP contribution in [0.2, 0.25) is 0 Å². The quantitative estimate of drug-likeness (QED) is 0.516. The van der Waals surface area contributed by atoms with Crippen LogP contribution >= 0.6 is 0 Å². The molecule has 0 fully saturated rings. The Hall–Kier alpha value is -1.10. The summed E-state index contributed by atoms with van der Waals surface area (Å²) in [6, 6.07) is 0. The van der Waals surface area contributed by atoms with Crippen molar-refractivity contribution < 1.29 is 24.5 Å². The molecule has 0 bridgehead atoms. The minimum Gasteiger partial charge on any atom is -0.481 e. The van der Waals surface area contributed by atoms with Gasteiger partial charge in [-0.25, -0.2) is 0 Å². The number of hydrogen-bond acceptors (Lipinski definition) is 3. The van der Waals surface area contributed by atoms with Gasteiger partial charge in [-0.15, -0.1) is 0 Å². The number of carbonyl (C=O) groups is 2. The summed E-state index contributed by atoms with van der Waals surface area (Å²) in [6.07, 6.45) is 5.48. The van der Waals surface area contributed by atoms with Crippen LogP contribution in [0.25, 0.3) is 0 Å². The molecule has 0 atom stereocenters. The van der Waals surface area contributed by atoms with Crippen molar-refractivity contribution in [3.63, 3.8) is 0 Å². The summed E-state index contributed by atoms with van der Waals surface area (Å²) in [5.74, 6) is -1.50. The highest BCUT2D eigenvalue weighted by Crippen LogP contribution is 2.03. The fourth-order valence-electron chi connectivity index (χ4n) is 1.42. The number of ether oxygens (including phenoxy) is 1. The molecule has 5 heteroatoms. The monoisotopic (exact) mass is 246 g/mol. The first-order valence-electron chi connectivity index (χ1n) is 6.14. The Kier molecular flexibility index (Phi) is 10.7. The molecule has 0 aliphatic heterocycles. The van der Waals surface area contributed by atoms with Crippen LogP contribution in [0, 0.1) is 0 Å². The van der Waals surface area contributed by atoms with Gasteiger partial charge >= 0.3 is 11.9 Å². The van der Waals surface area contributed by atoms with E-state index < -0.39 is 11.9 Å². The van der Waals surface area contributed by atoms with Gasteiger partial charge in [0.25, 0.3) is 0 Å². The van der Waals surface area contributed by atoms with Crippen molar-refractivity contribution in [1.29, 1.82) is 0 Å². The van der Waals surface area contributed by atoms with Gasteiger partial charge in [-0.1, -0.05) is 12.8 Å². The third-order valence-corrected chi connectivity index (χ3v) is 2.36. The average Bonchev–Trinajstić information content (AvgIpc) is 2.25. The molecule has 100 valence electrons. The Morgan fingerprint density at radius 3 is 1.65 bits per heavy atom. The van der Waals surface area contributed by atoms with Crippen LogP contribution in [0.4, 0.5) is 0 Å². The van der Waals surface area contributed by atoms with Crippen LogP contribution in [-0.2, 0) is 14.3 Å². The molecule has 0 unspecified atom stereocenters. The van der Waals surface area contributed by atoms with Crippen LogP contribution in [0.5, 0.6) is 0 Å². The normalized spacial score (nSPS) is 10.4. The molecular formula is C12H22O5. The van der Waals surface area contributed by atoms with Crippen LogP contribution < -0.4 is 0 Å². The highest BCUT2D eigenvalue weighted by molar-refractivity contribution is 5.66. The van der Waals surface area contributed by atoms with Crippen molar-refractivity contribution in [1.82, 2.24) is 0 Å². The number of hydrogen-bond donors (Lipinski definition) is 2. The minimum absolute atomic E-state index is 0.207. The van der Waals surface area contributed by atoms with E-state index in [0.717, 1.165) is 32.1 Å². The maximum atomic E-state index is 10.2. The summed E-state index contributed by atoms with van der Waals surface area (Å²) < 4.78 is 5.33. The van der Waals surface area contributed by atoms with Crippen LogP contribution in [0.15, 0.2) is 0 Å². The van der Waals surface area contributed by atoms with Crippen molar-refractivity contribution in [2.75, 3.05) is 13.2 Å². The molecule has 0 amide bonds. The predicted molar refractivity (Wildman–Crippen MR) is 63.0 cm³/mol. The molecule has 0 aromatic carbocycles. The van der Waals surface area contributed by atoms with E-state index in [2.05, 4.69) is 0 Å². The van der Waals surface area contributed by atoms with Gasteiger partial charge in [0.15, 0.2) is 0 Å². The molecule has 0 spiro atoms. The van der Waals surface area contributed by atoms with Gasteiger partial charge in [-0.2, -0.15) is 0 Å². The molecule has 0 aliphatic carbocycles. The lowest BCUT2D eigenvalue weighted by Gasteiger charge is -2.03. The standard InChI is InChI=1S/C12H22O5/c13-11(14)7-3-1-2-5-9-17-10-6-4-8-12(15)16/h1-10H2,(H,13,14)(H,15,16). The molecule has 0 aliphatic rings. The molecule has 17 heavy (non-hydrogen) atoms. The number of unbranched alkanes of at least 4 members (excludes halogenated alkanes) is 4. The molecule has 0 saturated carbocycles. The SMILES string of the molecule is O=C(O)CCCCCCOCCCCC(=O)O. The molecule has 0 saturated heterocycles. The molecule has 0 radical (unpaired) electrons. The largest absolute Gasteiger partial charge is 0.481 e. The average molecular weight is 246 g/mol. The zero-order chi connectivity index (χ0) is 12.9. The molecule has 2 N–H and O–H groups in total. The second-order valence-electron chi connectivity index (χ2n) is 4.02. The number of aliphatic carboxylic acids is 2. The lowest BCUT2D eigenvalue weighted by Crippen LogP contribution is -2.00. The third kappa shape index (κ3) is 14.9. The summed E-state index contributed by atoms with van der Waals surface area (Å²) in [7, 11) is 0. The highest BCUT2D eigenvalue weighted by atomic mass is 16.5. The Labute approximate surface area is 102 Å². The molecule has 0 heterocycles. The van der Waals surface area contributed by atoms with E-state index in [4.69, 9.17) is 14.9 Å². The molecule has 0 aromatic heterocycles. The van der Waals surface area contributed by atoms with Gasteiger partial charge in [0, 0.05) is 26.1 Å². The van der Waals surface area contributed by atoms with E-state index in [0.29, 0.717) is 19.6 Å². The van der Waals surface area contributed by atoms with Gasteiger partial charge in [0.1, 0.15) is 0 Å². The fraction of sp³-hybridized carbons (Fsp3) is 0.833. The van der Waals surface area contributed by atoms with Crippen molar-refractivity contribution >= 4 is 11.9 Å². The van der Waals surface area contributed by atoms with Crippen molar-refractivity contribution in [3.05, 3.63) is 0 Å². The summed E-state index contributed by atoms with van der Waals surface area (Å²) in [4.78, 5) is 20.4. The second kappa shape index (κ2) is 11.4. The Morgan fingerprint density at radius 1 is 0.706 bits per heavy atom. The highest BCUT2D eigenvalue weighted by Gasteiger charge is 1.97. The van der Waals surface area contributed by atoms with Crippen molar-refractivity contribution in [3.8, 4) is 0 Å². The van der Waals surface area contributed by atoms with Crippen LogP contribution in [-0.4, -0.2) is 35.4 Å². The van der Waals surface area contributed by atoms with E-state index in [9.17, 15) is 9.59 Å². The van der Waals surface area contributed by atoms with E-state index in [1.807, 2.05) is 0 Å². The van der Waals surface area contributed by atoms with Crippen LogP contribution in [0.3, 0.4) is 0 Å². The maximum absolute atomic E-state index is 10.2. The zero-order valence-corrected chi connectivity index (χ0v) is 10.2. The van der Waals surface area contributed by atoms with Gasteiger partial charge < -0.3 is 14.9 Å². The first kappa shape index (κ1) is 15.9. The zero-order valence-electron chi connectivity index (χ0n) is 10.2. The number of rotatable bonds is 12. The summed E-state index contributed by atoms with van der Waals surface area (Å²) >= 11 is 0. The smallest absolute Gasteiger partial charge is 0.303 e. The first-order valence-corrected chi connectivity index (χ1v) is 6.14. The second-order valence-corrected chi connectivity index (χ2v) is 4.02. The predicted octanol–water partition coefficient (Wildman–Crippen LogP) is 2.29. The summed E-state index contributed by atoms with van der Waals surface area (Å²) in [6.45, 7) is 1.29. The van der Waals surface area contributed by atoms with Gasteiger partial charge in [-0.3, -0.25) is 9.59 Å². The topological polar surface area (TPSA) is 83.8 Å². The Balaban J connectivity index is 2.98. The Bertz CT molecular complexity index is 193. The number of carboxylic acid groups (broad SMARTS) is 2. The lowest BCUT2D eigenvalue weighted by atomic mass is 10.1. The van der Waals surface area contributed by atoms with E-state index in [-0.39, 0.29) is 12.8 Å². The minimum atomic E-state index is -0.761. The van der Waals surface area contributed by atoms with Crippen LogP contribution in [0.1, 0.15) is 51.4 Å². The number of carboxylic acids is 2. The van der Waals surface area contributed by atoms with E-state index in [1.54, 1.807) is 0 Å². The molecule has 0 aromatic rings.